The first-order valence-corrected chi connectivity index (χ1v) is 9.38. The molecule has 0 atom stereocenters. The highest BCUT2D eigenvalue weighted by Gasteiger charge is 2.21. The lowest BCUT2D eigenvalue weighted by molar-refractivity contribution is 0.122. The van der Waals surface area contributed by atoms with E-state index in [9.17, 15) is 0 Å². The van der Waals surface area contributed by atoms with Gasteiger partial charge in [0.1, 0.15) is 0 Å². The summed E-state index contributed by atoms with van der Waals surface area (Å²) < 4.78 is 16.5. The first-order chi connectivity index (χ1) is 12.2. The lowest BCUT2D eigenvalue weighted by Gasteiger charge is -2.34. The second kappa shape index (κ2) is 8.56. The summed E-state index contributed by atoms with van der Waals surface area (Å²) in [6.45, 7) is 6.22. The van der Waals surface area contributed by atoms with Crippen LogP contribution in [0.2, 0.25) is 0 Å². The molecule has 3 rings (SSSR count). The molecule has 0 spiro atoms. The number of hydrogen-bond donors (Lipinski definition) is 0. The summed E-state index contributed by atoms with van der Waals surface area (Å²) in [5.41, 5.74) is 1.13. The Kier molecular flexibility index (Phi) is 6.18. The third-order valence-electron chi connectivity index (χ3n) is 4.60. The molecule has 1 aliphatic rings. The van der Waals surface area contributed by atoms with Gasteiger partial charge in [-0.3, -0.25) is 9.80 Å². The fourth-order valence-corrected chi connectivity index (χ4v) is 4.00. The molecule has 0 saturated carbocycles. The number of hydrogen-bond acceptors (Lipinski definition) is 6. The van der Waals surface area contributed by atoms with E-state index in [0.717, 1.165) is 50.6 Å². The molecule has 0 N–H and O–H groups in total. The smallest absolute Gasteiger partial charge is 0.203 e. The number of ether oxygens (including phenoxy) is 3. The molecule has 0 amide bonds. The van der Waals surface area contributed by atoms with E-state index in [1.807, 2.05) is 17.4 Å². The topological polar surface area (TPSA) is 34.2 Å². The van der Waals surface area contributed by atoms with E-state index >= 15 is 0 Å². The van der Waals surface area contributed by atoms with Gasteiger partial charge in [-0.15, -0.1) is 11.3 Å². The van der Waals surface area contributed by atoms with Gasteiger partial charge < -0.3 is 14.2 Å². The molecule has 136 valence electrons. The highest BCUT2D eigenvalue weighted by atomic mass is 32.1. The van der Waals surface area contributed by atoms with Crippen LogP contribution >= 0.6 is 11.3 Å². The van der Waals surface area contributed by atoms with Crippen LogP contribution in [-0.4, -0.2) is 57.3 Å². The van der Waals surface area contributed by atoms with Gasteiger partial charge in [-0.2, -0.15) is 0 Å². The molecule has 6 heteroatoms. The normalized spacial score (nSPS) is 16.0. The molecule has 25 heavy (non-hydrogen) atoms. The zero-order chi connectivity index (χ0) is 17.6. The molecule has 1 aromatic heterocycles. The number of methoxy groups -OCH3 is 3. The van der Waals surface area contributed by atoms with E-state index in [4.69, 9.17) is 14.2 Å². The fourth-order valence-electron chi connectivity index (χ4n) is 3.26. The summed E-state index contributed by atoms with van der Waals surface area (Å²) >= 11 is 1.83. The Bertz CT molecular complexity index is 668. The van der Waals surface area contributed by atoms with Gasteiger partial charge in [0.25, 0.3) is 0 Å². The van der Waals surface area contributed by atoms with E-state index in [1.54, 1.807) is 21.3 Å². The quantitative estimate of drug-likeness (QED) is 0.756. The maximum Gasteiger partial charge on any atom is 0.203 e. The molecule has 1 aromatic carbocycles. The van der Waals surface area contributed by atoms with Crippen molar-refractivity contribution in [1.82, 2.24) is 9.80 Å². The molecule has 1 aliphatic heterocycles. The number of piperazine rings is 1. The molecule has 1 fully saturated rings. The molecule has 5 nitrogen and oxygen atoms in total. The summed E-state index contributed by atoms with van der Waals surface area (Å²) in [7, 11) is 4.97. The van der Waals surface area contributed by atoms with E-state index < -0.39 is 0 Å². The van der Waals surface area contributed by atoms with E-state index in [2.05, 4.69) is 33.4 Å². The lowest BCUT2D eigenvalue weighted by Crippen LogP contribution is -2.45. The molecule has 0 bridgehead atoms. The average molecular weight is 362 g/mol. The van der Waals surface area contributed by atoms with Crippen molar-refractivity contribution in [2.75, 3.05) is 47.5 Å². The largest absolute Gasteiger partial charge is 0.493 e. The maximum atomic E-state index is 5.60. The maximum absolute atomic E-state index is 5.60. The van der Waals surface area contributed by atoms with E-state index in [-0.39, 0.29) is 0 Å². The Labute approximate surface area is 153 Å². The summed E-state index contributed by atoms with van der Waals surface area (Å²) in [5.74, 6) is 2.13. The van der Waals surface area contributed by atoms with Crippen LogP contribution < -0.4 is 14.2 Å². The summed E-state index contributed by atoms with van der Waals surface area (Å²) in [5, 5.41) is 2.15. The minimum atomic E-state index is 0.666. The van der Waals surface area contributed by atoms with Crippen molar-refractivity contribution in [2.45, 2.75) is 13.1 Å². The van der Waals surface area contributed by atoms with Crippen molar-refractivity contribution < 1.29 is 14.2 Å². The second-order valence-electron chi connectivity index (χ2n) is 6.13. The fraction of sp³-hybridized carbons (Fsp3) is 0.474. The molecule has 0 unspecified atom stereocenters. The first-order valence-electron chi connectivity index (χ1n) is 8.50. The van der Waals surface area contributed by atoms with Crippen LogP contribution in [0, 0.1) is 0 Å². The number of rotatable bonds is 7. The van der Waals surface area contributed by atoms with Gasteiger partial charge in [0.15, 0.2) is 11.5 Å². The third kappa shape index (κ3) is 4.26. The van der Waals surface area contributed by atoms with Crippen LogP contribution in [0.5, 0.6) is 17.2 Å². The Morgan fingerprint density at radius 1 is 0.840 bits per heavy atom. The van der Waals surface area contributed by atoms with Gasteiger partial charge in [-0.05, 0) is 17.5 Å². The van der Waals surface area contributed by atoms with Crippen LogP contribution in [0.4, 0.5) is 0 Å². The monoisotopic (exact) mass is 362 g/mol. The predicted molar refractivity (Wildman–Crippen MR) is 101 cm³/mol. The highest BCUT2D eigenvalue weighted by Crippen LogP contribution is 2.40. The zero-order valence-corrected chi connectivity index (χ0v) is 16.0. The third-order valence-corrected chi connectivity index (χ3v) is 5.47. The van der Waals surface area contributed by atoms with Gasteiger partial charge in [0, 0.05) is 49.7 Å². The Morgan fingerprint density at radius 2 is 1.52 bits per heavy atom. The summed E-state index contributed by atoms with van der Waals surface area (Å²) in [4.78, 5) is 6.43. The van der Waals surface area contributed by atoms with Crippen LogP contribution in [-0.2, 0) is 13.1 Å². The SMILES string of the molecule is COc1ccc(CN2CCN(Cc3cccs3)CC2)c(OC)c1OC. The van der Waals surface area contributed by atoms with Crippen LogP contribution in [0.3, 0.4) is 0 Å². The van der Waals surface area contributed by atoms with Crippen molar-refractivity contribution in [3.05, 3.63) is 40.1 Å². The van der Waals surface area contributed by atoms with Crippen LogP contribution in [0.25, 0.3) is 0 Å². The standard InChI is InChI=1S/C19H26N2O3S/c1-22-17-7-6-15(18(23-2)19(17)24-3)13-20-8-10-21(11-9-20)14-16-5-4-12-25-16/h4-7,12H,8-11,13-14H2,1-3H3. The number of nitrogens with zero attached hydrogens (tertiary/aromatic N) is 2. The van der Waals surface area contributed by atoms with Crippen molar-refractivity contribution in [2.24, 2.45) is 0 Å². The van der Waals surface area contributed by atoms with Gasteiger partial charge in [0.2, 0.25) is 5.75 Å². The molecule has 0 radical (unpaired) electrons. The minimum Gasteiger partial charge on any atom is -0.493 e. The van der Waals surface area contributed by atoms with Gasteiger partial charge >= 0.3 is 0 Å². The van der Waals surface area contributed by atoms with Crippen molar-refractivity contribution in [3.63, 3.8) is 0 Å². The summed E-state index contributed by atoms with van der Waals surface area (Å²) in [6.07, 6.45) is 0. The molecular weight excluding hydrogens is 336 g/mol. The predicted octanol–water partition coefficient (Wildman–Crippen LogP) is 3.09. The Morgan fingerprint density at radius 3 is 2.08 bits per heavy atom. The zero-order valence-electron chi connectivity index (χ0n) is 15.2. The molecule has 2 heterocycles. The first kappa shape index (κ1) is 18.0. The van der Waals surface area contributed by atoms with Gasteiger partial charge in [-0.25, -0.2) is 0 Å². The van der Waals surface area contributed by atoms with Gasteiger partial charge in [0.05, 0.1) is 21.3 Å². The minimum absolute atomic E-state index is 0.666. The molecule has 0 aliphatic carbocycles. The highest BCUT2D eigenvalue weighted by molar-refractivity contribution is 7.09. The van der Waals surface area contributed by atoms with Crippen molar-refractivity contribution in [1.29, 1.82) is 0 Å². The van der Waals surface area contributed by atoms with E-state index in [0.29, 0.717) is 11.5 Å². The van der Waals surface area contributed by atoms with Crippen LogP contribution in [0.15, 0.2) is 29.6 Å². The molecular formula is C19H26N2O3S. The van der Waals surface area contributed by atoms with E-state index in [1.165, 1.54) is 4.88 Å². The second-order valence-corrected chi connectivity index (χ2v) is 7.16. The van der Waals surface area contributed by atoms with Gasteiger partial charge in [-0.1, -0.05) is 12.1 Å². The Hall–Kier alpha value is -1.76. The van der Waals surface area contributed by atoms with Crippen molar-refractivity contribution >= 4 is 11.3 Å². The van der Waals surface area contributed by atoms with Crippen LogP contribution in [0.1, 0.15) is 10.4 Å². The molecule has 2 aromatic rings. The average Bonchev–Trinajstić information content (AvgIpc) is 3.15. The number of benzene rings is 1. The summed E-state index contributed by atoms with van der Waals surface area (Å²) in [6, 6.07) is 8.35. The van der Waals surface area contributed by atoms with Crippen molar-refractivity contribution in [3.8, 4) is 17.2 Å². The Balaban J connectivity index is 1.62. The lowest BCUT2D eigenvalue weighted by atomic mass is 10.1. The molecule has 1 saturated heterocycles. The number of thiophene rings is 1.